The lowest BCUT2D eigenvalue weighted by atomic mass is 10.2. The Morgan fingerprint density at radius 1 is 1.24 bits per heavy atom. The smallest absolute Gasteiger partial charge is 0.308 e. The summed E-state index contributed by atoms with van der Waals surface area (Å²) in [5, 5.41) is 7.05. The molecule has 2 aromatic heterocycles. The van der Waals surface area contributed by atoms with Crippen molar-refractivity contribution in [3.8, 4) is 16.9 Å². The normalized spacial score (nSPS) is 10.4. The van der Waals surface area contributed by atoms with Gasteiger partial charge in [0.15, 0.2) is 0 Å². The summed E-state index contributed by atoms with van der Waals surface area (Å²) in [5.74, 6) is -0.531. The van der Waals surface area contributed by atoms with Crippen LogP contribution in [0, 0.1) is 0 Å². The summed E-state index contributed by atoms with van der Waals surface area (Å²) >= 11 is 0. The maximum absolute atomic E-state index is 12.3. The van der Waals surface area contributed by atoms with Gasteiger partial charge in [0.2, 0.25) is 0 Å². The van der Waals surface area contributed by atoms with Gasteiger partial charge in [-0.15, -0.1) is 0 Å². The third-order valence-corrected chi connectivity index (χ3v) is 3.50. The van der Waals surface area contributed by atoms with E-state index in [1.165, 1.54) is 6.92 Å². The number of ether oxygens (including phenoxy) is 1. The zero-order chi connectivity index (χ0) is 17.6. The first kappa shape index (κ1) is 16.5. The molecule has 3 rings (SSSR count). The highest BCUT2D eigenvalue weighted by Crippen LogP contribution is 2.19. The molecule has 25 heavy (non-hydrogen) atoms. The number of carbonyl (C=O) groups is 2. The molecule has 0 spiro atoms. The number of para-hydroxylation sites is 1. The third-order valence-electron chi connectivity index (χ3n) is 3.50. The predicted octanol–water partition coefficient (Wildman–Crippen LogP) is 2.50. The van der Waals surface area contributed by atoms with Crippen molar-refractivity contribution in [3.05, 3.63) is 60.8 Å². The molecular weight excluding hydrogens is 322 g/mol. The van der Waals surface area contributed by atoms with Crippen LogP contribution in [-0.4, -0.2) is 28.2 Å². The molecule has 0 atom stereocenters. The number of rotatable bonds is 6. The molecule has 2 heterocycles. The van der Waals surface area contributed by atoms with Crippen molar-refractivity contribution in [2.75, 3.05) is 6.54 Å². The second-order valence-electron chi connectivity index (χ2n) is 5.35. The van der Waals surface area contributed by atoms with Crippen LogP contribution in [0.25, 0.3) is 11.1 Å². The van der Waals surface area contributed by atoms with E-state index in [1.807, 2.05) is 12.3 Å². The van der Waals surface area contributed by atoms with E-state index in [-0.39, 0.29) is 11.7 Å². The Morgan fingerprint density at radius 3 is 2.84 bits per heavy atom. The monoisotopic (exact) mass is 339 g/mol. The number of furan rings is 1. The average Bonchev–Trinajstić information content (AvgIpc) is 3.26. The van der Waals surface area contributed by atoms with Crippen molar-refractivity contribution < 1.29 is 18.7 Å². The summed E-state index contributed by atoms with van der Waals surface area (Å²) in [6, 6.07) is 8.47. The molecule has 1 amide bonds. The highest BCUT2D eigenvalue weighted by molar-refractivity contribution is 5.97. The first-order valence-electron chi connectivity index (χ1n) is 7.74. The molecule has 0 unspecified atom stereocenters. The zero-order valence-corrected chi connectivity index (χ0v) is 13.6. The van der Waals surface area contributed by atoms with Crippen LogP contribution in [0.3, 0.4) is 0 Å². The summed E-state index contributed by atoms with van der Waals surface area (Å²) in [6.45, 7) is 2.20. The second kappa shape index (κ2) is 7.48. The van der Waals surface area contributed by atoms with Crippen LogP contribution in [0.2, 0.25) is 0 Å². The van der Waals surface area contributed by atoms with Gasteiger partial charge in [-0.05, 0) is 18.2 Å². The number of hydrogen-bond donors (Lipinski definition) is 1. The highest BCUT2D eigenvalue weighted by atomic mass is 16.5. The van der Waals surface area contributed by atoms with E-state index in [0.717, 1.165) is 11.1 Å². The molecule has 0 aliphatic heterocycles. The van der Waals surface area contributed by atoms with Crippen LogP contribution in [0.4, 0.5) is 0 Å². The summed E-state index contributed by atoms with van der Waals surface area (Å²) in [6.07, 6.45) is 6.87. The van der Waals surface area contributed by atoms with Crippen LogP contribution in [-0.2, 0) is 11.3 Å². The van der Waals surface area contributed by atoms with E-state index in [0.29, 0.717) is 18.7 Å². The SMILES string of the molecule is CC(=O)Oc1ccccc1C(=O)NCCn1cc(-c2ccoc2)cn1. The van der Waals surface area contributed by atoms with Crippen molar-refractivity contribution in [2.45, 2.75) is 13.5 Å². The highest BCUT2D eigenvalue weighted by Gasteiger charge is 2.13. The quantitative estimate of drug-likeness (QED) is 0.551. The predicted molar refractivity (Wildman–Crippen MR) is 90.0 cm³/mol. The van der Waals surface area contributed by atoms with Gasteiger partial charge in [0.25, 0.3) is 5.91 Å². The van der Waals surface area contributed by atoms with E-state index < -0.39 is 5.97 Å². The Hall–Kier alpha value is -3.35. The maximum Gasteiger partial charge on any atom is 0.308 e. The number of esters is 1. The molecule has 0 radical (unpaired) electrons. The number of carbonyl (C=O) groups excluding carboxylic acids is 2. The molecule has 0 bridgehead atoms. The van der Waals surface area contributed by atoms with Crippen molar-refractivity contribution in [2.24, 2.45) is 0 Å². The number of nitrogens with one attached hydrogen (secondary N) is 1. The molecular formula is C18H17N3O4. The summed E-state index contributed by atoms with van der Waals surface area (Å²) in [7, 11) is 0. The van der Waals surface area contributed by atoms with Crippen LogP contribution in [0.1, 0.15) is 17.3 Å². The Kier molecular flexibility index (Phi) is 4.94. The first-order chi connectivity index (χ1) is 12.1. The van der Waals surface area contributed by atoms with Crippen LogP contribution < -0.4 is 10.1 Å². The van der Waals surface area contributed by atoms with Crippen molar-refractivity contribution >= 4 is 11.9 Å². The van der Waals surface area contributed by atoms with E-state index in [4.69, 9.17) is 9.15 Å². The minimum Gasteiger partial charge on any atom is -0.472 e. The molecule has 7 heteroatoms. The zero-order valence-electron chi connectivity index (χ0n) is 13.6. The van der Waals surface area contributed by atoms with Crippen molar-refractivity contribution in [3.63, 3.8) is 0 Å². The number of aromatic nitrogens is 2. The van der Waals surface area contributed by atoms with Gasteiger partial charge in [-0.3, -0.25) is 14.3 Å². The Bertz CT molecular complexity index is 868. The maximum atomic E-state index is 12.3. The molecule has 0 fully saturated rings. The van der Waals surface area contributed by atoms with Gasteiger partial charge < -0.3 is 14.5 Å². The summed E-state index contributed by atoms with van der Waals surface area (Å²) in [5.41, 5.74) is 2.21. The summed E-state index contributed by atoms with van der Waals surface area (Å²) < 4.78 is 11.8. The second-order valence-corrected chi connectivity index (χ2v) is 5.35. The van der Waals surface area contributed by atoms with Gasteiger partial charge in [0.05, 0.1) is 30.8 Å². The fraction of sp³-hybridized carbons (Fsp3) is 0.167. The fourth-order valence-electron chi connectivity index (χ4n) is 2.34. The summed E-state index contributed by atoms with van der Waals surface area (Å²) in [4.78, 5) is 23.4. The van der Waals surface area contributed by atoms with Crippen LogP contribution >= 0.6 is 0 Å². The molecule has 1 aromatic carbocycles. The van der Waals surface area contributed by atoms with Gasteiger partial charge >= 0.3 is 5.97 Å². The standard InChI is InChI=1S/C18H17N3O4/c1-13(22)25-17-5-3-2-4-16(17)18(23)19-7-8-21-11-15(10-20-21)14-6-9-24-12-14/h2-6,9-12H,7-8H2,1H3,(H,19,23). The number of benzene rings is 1. The molecule has 0 saturated carbocycles. The van der Waals surface area contributed by atoms with Gasteiger partial charge in [-0.25, -0.2) is 0 Å². The van der Waals surface area contributed by atoms with Gasteiger partial charge in [-0.1, -0.05) is 12.1 Å². The molecule has 0 aliphatic rings. The first-order valence-corrected chi connectivity index (χ1v) is 7.74. The fourth-order valence-corrected chi connectivity index (χ4v) is 2.34. The number of amides is 1. The van der Waals surface area contributed by atoms with Crippen molar-refractivity contribution in [1.29, 1.82) is 0 Å². The number of nitrogens with zero attached hydrogens (tertiary/aromatic N) is 2. The molecule has 0 aliphatic carbocycles. The average molecular weight is 339 g/mol. The molecule has 3 aromatic rings. The van der Waals surface area contributed by atoms with E-state index in [1.54, 1.807) is 47.7 Å². The van der Waals surface area contributed by atoms with E-state index in [9.17, 15) is 9.59 Å². The Balaban J connectivity index is 1.57. The lowest BCUT2D eigenvalue weighted by Gasteiger charge is -2.09. The Labute approximate surface area is 144 Å². The van der Waals surface area contributed by atoms with Gasteiger partial charge in [-0.2, -0.15) is 5.10 Å². The van der Waals surface area contributed by atoms with Gasteiger partial charge in [0, 0.05) is 30.8 Å². The minimum atomic E-state index is -0.469. The van der Waals surface area contributed by atoms with E-state index in [2.05, 4.69) is 10.4 Å². The Morgan fingerprint density at radius 2 is 2.08 bits per heavy atom. The van der Waals surface area contributed by atoms with Gasteiger partial charge in [0.1, 0.15) is 5.75 Å². The molecule has 7 nitrogen and oxygen atoms in total. The molecule has 1 N–H and O–H groups in total. The third kappa shape index (κ3) is 4.14. The minimum absolute atomic E-state index is 0.244. The van der Waals surface area contributed by atoms with Crippen LogP contribution in [0.5, 0.6) is 5.75 Å². The lowest BCUT2D eigenvalue weighted by molar-refractivity contribution is -0.131. The largest absolute Gasteiger partial charge is 0.472 e. The van der Waals surface area contributed by atoms with Crippen molar-refractivity contribution in [1.82, 2.24) is 15.1 Å². The number of hydrogen-bond acceptors (Lipinski definition) is 5. The lowest BCUT2D eigenvalue weighted by Crippen LogP contribution is -2.28. The van der Waals surface area contributed by atoms with E-state index >= 15 is 0 Å². The molecule has 0 saturated heterocycles. The molecule has 128 valence electrons. The topological polar surface area (TPSA) is 86.4 Å². The van der Waals surface area contributed by atoms with Crippen LogP contribution in [0.15, 0.2) is 59.7 Å².